The van der Waals surface area contributed by atoms with Gasteiger partial charge in [-0.3, -0.25) is 0 Å². The first kappa shape index (κ1) is 13.0. The minimum atomic E-state index is 0.550. The molecule has 0 bridgehead atoms. The van der Waals surface area contributed by atoms with Crippen LogP contribution in [0, 0.1) is 6.92 Å². The van der Waals surface area contributed by atoms with Crippen LogP contribution in [0.4, 0.5) is 0 Å². The van der Waals surface area contributed by atoms with Crippen LogP contribution in [0.3, 0.4) is 0 Å². The predicted molar refractivity (Wildman–Crippen MR) is 73.9 cm³/mol. The van der Waals surface area contributed by atoms with E-state index in [9.17, 15) is 0 Å². The zero-order valence-corrected chi connectivity index (χ0v) is 12.1. The smallest absolute Gasteiger partial charge is 0.0956 e. The quantitative estimate of drug-likeness (QED) is 0.893. The molecule has 1 aromatic rings. The van der Waals surface area contributed by atoms with Crippen molar-refractivity contribution < 1.29 is 0 Å². The molecular formula is C13H23N3S. The summed E-state index contributed by atoms with van der Waals surface area (Å²) in [6.45, 7) is 9.99. The van der Waals surface area contributed by atoms with Crippen molar-refractivity contribution in [1.82, 2.24) is 15.2 Å². The van der Waals surface area contributed by atoms with E-state index in [-0.39, 0.29) is 0 Å². The second-order valence-electron chi connectivity index (χ2n) is 5.33. The monoisotopic (exact) mass is 253 g/mol. The predicted octanol–water partition coefficient (Wildman–Crippen LogP) is 2.02. The van der Waals surface area contributed by atoms with Crippen molar-refractivity contribution in [2.75, 3.05) is 26.7 Å². The van der Waals surface area contributed by atoms with Crippen molar-refractivity contribution in [3.63, 3.8) is 0 Å². The molecule has 3 nitrogen and oxygen atoms in total. The van der Waals surface area contributed by atoms with Gasteiger partial charge in [0.15, 0.2) is 0 Å². The molecule has 0 aromatic carbocycles. The molecule has 17 heavy (non-hydrogen) atoms. The van der Waals surface area contributed by atoms with Crippen molar-refractivity contribution in [1.29, 1.82) is 0 Å². The third kappa shape index (κ3) is 3.27. The molecule has 1 atom stereocenters. The number of likely N-dealkylation sites (N-methyl/N-ethyl adjacent to an activating group) is 1. The van der Waals surface area contributed by atoms with Gasteiger partial charge in [-0.25, -0.2) is 4.98 Å². The Labute approximate surface area is 108 Å². The molecular weight excluding hydrogens is 230 g/mol. The lowest BCUT2D eigenvalue weighted by Gasteiger charge is -2.30. The zero-order chi connectivity index (χ0) is 12.4. The highest BCUT2D eigenvalue weighted by atomic mass is 32.1. The summed E-state index contributed by atoms with van der Waals surface area (Å²) in [6, 6.07) is 0.591. The third-order valence-electron chi connectivity index (χ3n) is 3.29. The Morgan fingerprint density at radius 3 is 2.88 bits per heavy atom. The van der Waals surface area contributed by atoms with Gasteiger partial charge in [0.05, 0.1) is 10.7 Å². The lowest BCUT2D eigenvalue weighted by molar-refractivity contribution is 0.238. The maximum absolute atomic E-state index is 4.67. The van der Waals surface area contributed by atoms with Crippen LogP contribution in [0.25, 0.3) is 0 Å². The first-order valence-corrected chi connectivity index (χ1v) is 7.26. The van der Waals surface area contributed by atoms with Crippen LogP contribution in [-0.4, -0.2) is 42.6 Å². The van der Waals surface area contributed by atoms with Crippen LogP contribution in [0.15, 0.2) is 0 Å². The fourth-order valence-corrected chi connectivity index (χ4v) is 3.39. The van der Waals surface area contributed by atoms with Gasteiger partial charge in [-0.2, -0.15) is 0 Å². The van der Waals surface area contributed by atoms with E-state index >= 15 is 0 Å². The highest BCUT2D eigenvalue weighted by Gasteiger charge is 2.19. The number of thiazole rings is 1. The molecule has 0 aliphatic carbocycles. The van der Waals surface area contributed by atoms with E-state index in [4.69, 9.17) is 0 Å². The maximum atomic E-state index is 4.67. The van der Waals surface area contributed by atoms with Crippen molar-refractivity contribution in [3.8, 4) is 0 Å². The summed E-state index contributed by atoms with van der Waals surface area (Å²) < 4.78 is 0. The number of nitrogens with zero attached hydrogens (tertiary/aromatic N) is 2. The normalized spacial score (nSPS) is 22.3. The summed E-state index contributed by atoms with van der Waals surface area (Å²) >= 11 is 1.89. The fraction of sp³-hybridized carbons (Fsp3) is 0.769. The molecule has 0 spiro atoms. The van der Waals surface area contributed by atoms with Crippen LogP contribution < -0.4 is 5.32 Å². The highest BCUT2D eigenvalue weighted by molar-refractivity contribution is 7.11. The molecule has 2 heterocycles. The van der Waals surface area contributed by atoms with Gasteiger partial charge in [0.25, 0.3) is 0 Å². The molecule has 1 aliphatic rings. The Balaban J connectivity index is 2.02. The Hall–Kier alpha value is -0.450. The van der Waals surface area contributed by atoms with Crippen LogP contribution in [0.5, 0.6) is 0 Å². The van der Waals surface area contributed by atoms with E-state index in [2.05, 4.69) is 43.0 Å². The van der Waals surface area contributed by atoms with E-state index in [1.165, 1.54) is 15.6 Å². The van der Waals surface area contributed by atoms with E-state index in [0.29, 0.717) is 12.0 Å². The summed E-state index contributed by atoms with van der Waals surface area (Å²) in [4.78, 5) is 8.54. The third-order valence-corrected chi connectivity index (χ3v) is 4.77. The Bertz CT molecular complexity index is 373. The Morgan fingerprint density at radius 1 is 1.53 bits per heavy atom. The lowest BCUT2D eigenvalue weighted by atomic mass is 10.1. The molecule has 96 valence electrons. The van der Waals surface area contributed by atoms with Crippen LogP contribution in [-0.2, 0) is 6.42 Å². The van der Waals surface area contributed by atoms with Crippen molar-refractivity contribution >= 4 is 11.3 Å². The van der Waals surface area contributed by atoms with Gasteiger partial charge in [-0.05, 0) is 14.0 Å². The number of piperazine rings is 1. The molecule has 4 heteroatoms. The van der Waals surface area contributed by atoms with Gasteiger partial charge in [0.2, 0.25) is 0 Å². The van der Waals surface area contributed by atoms with Crippen LogP contribution >= 0.6 is 11.3 Å². The maximum Gasteiger partial charge on any atom is 0.0956 e. The summed E-state index contributed by atoms with van der Waals surface area (Å²) in [7, 11) is 2.20. The molecule has 1 unspecified atom stereocenters. The van der Waals surface area contributed by atoms with E-state index < -0.39 is 0 Å². The standard InChI is InChI=1S/C13H23N3S/c1-9(2)13-15-10(3)12(17-13)7-11-8-16(4)6-5-14-11/h9,11,14H,5-8H2,1-4H3. The highest BCUT2D eigenvalue weighted by Crippen LogP contribution is 2.25. The molecule has 1 fully saturated rings. The van der Waals surface area contributed by atoms with Crippen molar-refractivity contribution in [2.45, 2.75) is 39.2 Å². The minimum Gasteiger partial charge on any atom is -0.311 e. The average molecular weight is 253 g/mol. The van der Waals surface area contributed by atoms with E-state index in [0.717, 1.165) is 26.1 Å². The molecule has 0 radical (unpaired) electrons. The van der Waals surface area contributed by atoms with Crippen molar-refractivity contribution in [3.05, 3.63) is 15.6 Å². The first-order valence-electron chi connectivity index (χ1n) is 6.44. The fourth-order valence-electron chi connectivity index (χ4n) is 2.24. The average Bonchev–Trinajstić information content (AvgIpc) is 2.61. The second-order valence-corrected chi connectivity index (χ2v) is 6.45. The van der Waals surface area contributed by atoms with Gasteiger partial charge in [0.1, 0.15) is 0 Å². The number of hydrogen-bond donors (Lipinski definition) is 1. The molecule has 0 saturated carbocycles. The summed E-state index contributed by atoms with van der Waals surface area (Å²) in [5, 5.41) is 4.88. The Morgan fingerprint density at radius 2 is 2.29 bits per heavy atom. The summed E-state index contributed by atoms with van der Waals surface area (Å²) in [5.74, 6) is 0.550. The van der Waals surface area contributed by atoms with Gasteiger partial charge in [0, 0.05) is 42.9 Å². The largest absolute Gasteiger partial charge is 0.311 e. The number of aryl methyl sites for hydroxylation is 1. The molecule has 0 amide bonds. The summed E-state index contributed by atoms with van der Waals surface area (Å²) in [6.07, 6.45) is 1.13. The van der Waals surface area contributed by atoms with Gasteiger partial charge >= 0.3 is 0 Å². The molecule has 1 aromatic heterocycles. The SMILES string of the molecule is Cc1nc(C(C)C)sc1CC1CN(C)CCN1. The van der Waals surface area contributed by atoms with Gasteiger partial charge in [-0.15, -0.1) is 11.3 Å². The number of hydrogen-bond acceptors (Lipinski definition) is 4. The van der Waals surface area contributed by atoms with Gasteiger partial charge in [-0.1, -0.05) is 13.8 Å². The number of nitrogens with one attached hydrogen (secondary N) is 1. The lowest BCUT2D eigenvalue weighted by Crippen LogP contribution is -2.49. The molecule has 1 N–H and O–H groups in total. The van der Waals surface area contributed by atoms with Crippen LogP contribution in [0.2, 0.25) is 0 Å². The zero-order valence-electron chi connectivity index (χ0n) is 11.3. The number of rotatable bonds is 3. The second kappa shape index (κ2) is 5.46. The first-order chi connectivity index (χ1) is 8.06. The molecule has 1 saturated heterocycles. The molecule has 2 rings (SSSR count). The van der Waals surface area contributed by atoms with Gasteiger partial charge < -0.3 is 10.2 Å². The van der Waals surface area contributed by atoms with E-state index in [1.54, 1.807) is 0 Å². The van der Waals surface area contributed by atoms with Crippen molar-refractivity contribution in [2.24, 2.45) is 0 Å². The van der Waals surface area contributed by atoms with E-state index in [1.807, 2.05) is 11.3 Å². The minimum absolute atomic E-state index is 0.550. The topological polar surface area (TPSA) is 28.2 Å². The number of aromatic nitrogens is 1. The van der Waals surface area contributed by atoms with Crippen LogP contribution in [0.1, 0.15) is 35.3 Å². The summed E-state index contributed by atoms with van der Waals surface area (Å²) in [5.41, 5.74) is 1.23. The molecule has 1 aliphatic heterocycles. The Kier molecular flexibility index (Phi) is 4.17.